The van der Waals surface area contributed by atoms with E-state index in [0.717, 1.165) is 6.82 Å². The summed E-state index contributed by atoms with van der Waals surface area (Å²) < 4.78 is 0. The molecule has 0 aromatic heterocycles. The third-order valence-electron chi connectivity index (χ3n) is 0. The fourth-order valence-electron chi connectivity index (χ4n) is 0. The molecule has 55 valence electrons. The summed E-state index contributed by atoms with van der Waals surface area (Å²) in [4.78, 5) is 0. The van der Waals surface area contributed by atoms with Crippen molar-refractivity contribution in [2.75, 3.05) is 0 Å². The predicted molar refractivity (Wildman–Crippen MR) is 37.8 cm³/mol. The van der Waals surface area contributed by atoms with Crippen molar-refractivity contribution in [1.29, 1.82) is 0 Å². The summed E-state index contributed by atoms with van der Waals surface area (Å²) in [6, 6.07) is 0. The van der Waals surface area contributed by atoms with Gasteiger partial charge >= 0.3 is 68.8 Å². The Labute approximate surface area is 145 Å². The largest absolute Gasteiger partial charge is 0 e. The molecule has 0 rings (SSSR count). The van der Waals surface area contributed by atoms with Gasteiger partial charge in [-0.05, 0) is 0 Å². The Morgan fingerprint density at radius 3 is 1.44 bits per heavy atom. The molecule has 9 heavy (non-hydrogen) atoms. The van der Waals surface area contributed by atoms with Gasteiger partial charge in [0.1, 0.15) is 0 Å². The maximum Gasteiger partial charge on any atom is 0 e. The first kappa shape index (κ1) is 48.9. The Hall–Kier alpha value is 4.79. The molecule has 0 aliphatic carbocycles. The van der Waals surface area contributed by atoms with Gasteiger partial charge in [-0.25, -0.2) is 0 Å². The molecule has 0 aromatic rings. The fraction of sp³-hybridized carbons (Fsp3) is 0. The van der Waals surface area contributed by atoms with Gasteiger partial charge in [-0.2, -0.15) is 0 Å². The van der Waals surface area contributed by atoms with Crippen LogP contribution in [0, 0.1) is 0 Å². The monoisotopic (exact) mass is 485 g/mol. The summed E-state index contributed by atoms with van der Waals surface area (Å²) in [6.45, 7) is 1.16. The molecule has 0 bridgehead atoms. The van der Waals surface area contributed by atoms with Gasteiger partial charge in [0, 0.05) is 77.8 Å². The molecule has 0 nitrogen and oxygen atoms in total. The topological polar surface area (TPSA) is 0 Å². The Morgan fingerprint density at radius 2 is 1.44 bits per heavy atom. The van der Waals surface area contributed by atoms with Crippen LogP contribution >= 0.6 is 6.82 Å². The van der Waals surface area contributed by atoms with Crippen molar-refractivity contribution in [3.05, 3.63) is 0 Å². The molecular weight excluding hydrogens is 471 g/mol. The van der Waals surface area contributed by atoms with E-state index in [1.807, 2.05) is 0 Å². The van der Waals surface area contributed by atoms with Crippen LogP contribution in [-0.2, 0) is 77.8 Å². The zero-order chi connectivity index (χ0) is 2.71. The van der Waals surface area contributed by atoms with Crippen molar-refractivity contribution in [2.24, 2.45) is 0 Å². The van der Waals surface area contributed by atoms with Gasteiger partial charge in [-0.3, -0.25) is 0 Å². The maximum absolute atomic E-state index is 2.55. The predicted octanol–water partition coefficient (Wildman–Crippen LogP) is -5.58. The van der Waals surface area contributed by atoms with E-state index in [2.05, 4.69) is 15.6 Å². The zero-order valence-corrected chi connectivity index (χ0v) is 15.4. The van der Waals surface area contributed by atoms with Crippen LogP contribution in [0.1, 0.15) is 1.43 Å². The summed E-state index contributed by atoms with van der Waals surface area (Å²) in [7, 11) is 1.37. The molecule has 0 heterocycles. The summed E-state index contributed by atoms with van der Waals surface area (Å²) in [5, 5.41) is 0. The third kappa shape index (κ3) is 64.9. The Morgan fingerprint density at radius 1 is 1.44 bits per heavy atom. The van der Waals surface area contributed by atoms with Gasteiger partial charge in [0.15, 0.2) is 0 Å². The first-order valence-corrected chi connectivity index (χ1v) is 7.99. The molecule has 0 aliphatic rings. The van der Waals surface area contributed by atoms with Crippen molar-refractivity contribution in [1.82, 2.24) is 0 Å². The van der Waals surface area contributed by atoms with Crippen molar-refractivity contribution in [2.45, 2.75) is 0 Å². The van der Waals surface area contributed by atoms with Crippen LogP contribution in [-0.4, -0.2) is 43.1 Å². The van der Waals surface area contributed by atoms with Crippen LogP contribution in [0.4, 0.5) is 0 Å². The molecule has 0 aliphatic heterocycles. The first-order valence-electron chi connectivity index (χ1n) is 0.724. The van der Waals surface area contributed by atoms with Crippen LogP contribution < -0.4 is 18.9 Å². The molecule has 0 N–H and O–H groups in total. The van der Waals surface area contributed by atoms with Crippen molar-refractivity contribution >= 4 is 49.9 Å². The maximum atomic E-state index is 2.55. The Balaban J connectivity index is -0.000000000952. The van der Waals surface area contributed by atoms with E-state index in [1.165, 1.54) is 9.91 Å². The van der Waals surface area contributed by atoms with Crippen LogP contribution in [0.2, 0.25) is 0 Å². The summed E-state index contributed by atoms with van der Waals surface area (Å²) in [5.74, 6) is 0. The van der Waals surface area contributed by atoms with E-state index in [0.29, 0.717) is 0 Å². The van der Waals surface area contributed by atoms with Crippen molar-refractivity contribution in [3.63, 3.8) is 0 Å². The van der Waals surface area contributed by atoms with Crippen LogP contribution in [0.3, 0.4) is 0 Å². The van der Waals surface area contributed by atoms with E-state index in [9.17, 15) is 0 Å². The molecule has 0 spiro atoms. The fourth-order valence-corrected chi connectivity index (χ4v) is 0. The minimum absolute atomic E-state index is 0. The molecule has 0 amide bonds. The second kappa shape index (κ2) is 53.0. The number of rotatable bonds is 0. The summed E-state index contributed by atoms with van der Waals surface area (Å²) in [6.07, 6.45) is 0. The van der Waals surface area contributed by atoms with E-state index in [4.69, 9.17) is 0 Å². The SMILES string of the molecule is [GeH4].[H-].[Li+].[Mo].[Ni].[SiH3]P[SeH].[Ti].[V]. The van der Waals surface area contributed by atoms with Crippen LogP contribution in [0.25, 0.3) is 0 Å². The van der Waals surface area contributed by atoms with Crippen molar-refractivity contribution in [3.8, 4) is 0 Å². The molecule has 1 unspecified atom stereocenters. The summed E-state index contributed by atoms with van der Waals surface area (Å²) in [5.41, 5.74) is 0. The second-order valence-electron chi connectivity index (χ2n) is 0.224. The van der Waals surface area contributed by atoms with Gasteiger partial charge in [-0.1, -0.05) is 0 Å². The van der Waals surface area contributed by atoms with E-state index >= 15 is 0 Å². The minimum Gasteiger partial charge on any atom is 0 e. The standard InChI is InChI=1S/GeH4.Li.Mo.Ni.H5PSeSi.Ti.V.H/c;;;;2-1-3;;;/h1H4;;;;1-2H,3H3;;;/q;+1;;;;;;-1. The molecule has 1 radical (unpaired) electrons. The molecule has 0 saturated carbocycles. The van der Waals surface area contributed by atoms with Crippen molar-refractivity contribution < 1.29 is 98.1 Å². The van der Waals surface area contributed by atoms with Crippen LogP contribution in [0.5, 0.6) is 0 Å². The molecule has 0 fully saturated rings. The van der Waals surface area contributed by atoms with E-state index in [1.54, 1.807) is 0 Å². The van der Waals surface area contributed by atoms with Gasteiger partial charge in [-0.15, -0.1) is 0 Å². The minimum atomic E-state index is 0. The molecular formula is H10GeLiMoNiPSeSiTiV. The molecule has 0 saturated heterocycles. The van der Waals surface area contributed by atoms with E-state index < -0.39 is 0 Å². The van der Waals surface area contributed by atoms with Gasteiger partial charge in [0.25, 0.3) is 0 Å². The van der Waals surface area contributed by atoms with E-state index in [-0.39, 0.29) is 116 Å². The van der Waals surface area contributed by atoms with Gasteiger partial charge < -0.3 is 1.43 Å². The Bertz CT molecular complexity index is 33.2. The molecule has 1 atom stereocenters. The normalized spacial score (nSPS) is 3.67. The smallest absolute Gasteiger partial charge is 0 e. The second-order valence-corrected chi connectivity index (χ2v) is 10.5. The van der Waals surface area contributed by atoms with Gasteiger partial charge in [0.2, 0.25) is 0 Å². The first-order chi connectivity index (χ1) is 1.41. The quantitative estimate of drug-likeness (QED) is 0.240. The molecule has 9 heteroatoms. The average Bonchev–Trinajstić information content (AvgIpc) is 0.918. The van der Waals surface area contributed by atoms with Crippen LogP contribution in [0.15, 0.2) is 0 Å². The number of hydrogen-bond donors (Lipinski definition) is 0. The Kier molecular flexibility index (Phi) is 288. The third-order valence-corrected chi connectivity index (χ3v) is 0. The molecule has 0 aromatic carbocycles. The van der Waals surface area contributed by atoms with Gasteiger partial charge in [0.05, 0.1) is 0 Å². The average molecular weight is 481 g/mol. The zero-order valence-electron chi connectivity index (χ0n) is 5.62. The number of hydrogen-bond acceptors (Lipinski definition) is 0. The summed E-state index contributed by atoms with van der Waals surface area (Å²) >= 11 is 2.55.